The number of likely N-dealkylation sites (tertiary alicyclic amines) is 2. The number of carbonyl (C=O) groups is 3. The lowest BCUT2D eigenvalue weighted by Gasteiger charge is -2.36. The number of aliphatic hydroxyl groups excluding tert-OH is 1. The number of hydrogen-bond donors (Lipinski definition) is 2. The molecule has 21 heteroatoms. The topological polar surface area (TPSA) is 222 Å². The third-order valence-corrected chi connectivity index (χ3v) is 16.5. The Labute approximate surface area is 457 Å². The molecule has 6 aromatic rings. The van der Waals surface area contributed by atoms with Gasteiger partial charge in [0.25, 0.3) is 0 Å². The first-order valence-electron chi connectivity index (χ1n) is 28.0. The first-order chi connectivity index (χ1) is 38.0. The number of benzene rings is 3. The number of amides is 2. The molecule has 5 saturated heterocycles. The van der Waals surface area contributed by atoms with Gasteiger partial charge in [-0.05, 0) is 101 Å². The number of carboxylic acid groups (broad SMARTS) is 1. The fraction of sp³-hybridized carbons (Fsp3) is 0.552. The van der Waals surface area contributed by atoms with Crippen LogP contribution in [0.25, 0.3) is 44.2 Å². The van der Waals surface area contributed by atoms with E-state index in [1.54, 1.807) is 12.3 Å². The highest BCUT2D eigenvalue weighted by Crippen LogP contribution is 2.54. The monoisotopic (exact) mass is 1080 g/mol. The highest BCUT2D eigenvalue weighted by Gasteiger charge is 2.48. The number of anilines is 1. The minimum atomic E-state index is -1.17. The van der Waals surface area contributed by atoms with Crippen molar-refractivity contribution in [1.82, 2.24) is 44.5 Å². The highest BCUT2D eigenvalue weighted by molar-refractivity contribution is 6.06. The third-order valence-electron chi connectivity index (χ3n) is 16.5. The van der Waals surface area contributed by atoms with Crippen LogP contribution in [0.2, 0.25) is 0 Å². The SMILES string of the molecule is Cc1c(F)cc2c(cnn2C2CCCCO2)c1-c1c(C2CC2)cc2c(N3C[C@@H]4C[C@H]3CN4C(=O)OC(C)(C)C)nc(OC3CCOCC3)nc2c1OCc1ccc(-c2cn([C@H](C(=O)N3C[C@H](O)C[C@H]3C(=O)O)C(C)C)nn2)cc1. The van der Waals surface area contributed by atoms with Crippen molar-refractivity contribution < 1.29 is 52.7 Å². The number of carboxylic acids is 1. The van der Waals surface area contributed by atoms with Gasteiger partial charge in [-0.1, -0.05) is 43.3 Å². The fourth-order valence-corrected chi connectivity index (χ4v) is 12.4. The van der Waals surface area contributed by atoms with E-state index in [0.717, 1.165) is 71.6 Å². The molecule has 3 aromatic carbocycles. The Hall–Kier alpha value is -6.97. The molecule has 79 heavy (non-hydrogen) atoms. The number of β-amino-alcohol motifs (C(OH)–C–C–N with tert-alkyl or cyclic N) is 1. The second-order valence-electron chi connectivity index (χ2n) is 23.6. The molecule has 8 heterocycles. The zero-order valence-electron chi connectivity index (χ0n) is 45.6. The van der Waals surface area contributed by atoms with Gasteiger partial charge in [0.15, 0.2) is 12.0 Å². The van der Waals surface area contributed by atoms with Crippen LogP contribution in [0, 0.1) is 18.7 Å². The molecule has 1 unspecified atom stereocenters. The van der Waals surface area contributed by atoms with Crippen LogP contribution in [0.3, 0.4) is 0 Å². The molecular formula is C58H69FN10O10. The van der Waals surface area contributed by atoms with Crippen molar-refractivity contribution in [2.24, 2.45) is 5.92 Å². The molecule has 0 spiro atoms. The summed E-state index contributed by atoms with van der Waals surface area (Å²) in [5.74, 6) is -0.975. The molecule has 20 nitrogen and oxygen atoms in total. The molecule has 2 amide bonds. The zero-order chi connectivity index (χ0) is 55.0. The van der Waals surface area contributed by atoms with E-state index in [-0.39, 0.29) is 73.7 Å². The zero-order valence-corrected chi connectivity index (χ0v) is 45.6. The molecule has 3 aromatic heterocycles. The number of aromatic nitrogens is 7. The van der Waals surface area contributed by atoms with E-state index in [1.165, 1.54) is 9.58 Å². The number of carbonyl (C=O) groups excluding carboxylic acids is 2. The van der Waals surface area contributed by atoms with Crippen molar-refractivity contribution in [3.8, 4) is 34.1 Å². The average molecular weight is 1090 g/mol. The van der Waals surface area contributed by atoms with Gasteiger partial charge in [0, 0.05) is 79.0 Å². The van der Waals surface area contributed by atoms with Gasteiger partial charge in [0.05, 0.1) is 49.3 Å². The smallest absolute Gasteiger partial charge is 0.410 e. The molecule has 2 N–H and O–H groups in total. The number of nitrogens with zero attached hydrogens (tertiary/aromatic N) is 10. The maximum absolute atomic E-state index is 16.9. The summed E-state index contributed by atoms with van der Waals surface area (Å²) in [6.07, 6.45) is 8.29. The molecule has 5 aliphatic heterocycles. The summed E-state index contributed by atoms with van der Waals surface area (Å²) in [4.78, 5) is 55.4. The quantitative estimate of drug-likeness (QED) is 0.104. The summed E-state index contributed by atoms with van der Waals surface area (Å²) in [5.41, 5.74) is 5.40. The Morgan fingerprint density at radius 2 is 1.68 bits per heavy atom. The van der Waals surface area contributed by atoms with Crippen molar-refractivity contribution in [1.29, 1.82) is 0 Å². The Morgan fingerprint density at radius 1 is 0.899 bits per heavy atom. The largest absolute Gasteiger partial charge is 0.486 e. The van der Waals surface area contributed by atoms with Crippen LogP contribution in [0.4, 0.5) is 15.0 Å². The molecule has 1 aliphatic carbocycles. The number of aliphatic hydroxyl groups is 1. The Bertz CT molecular complexity index is 3310. The summed E-state index contributed by atoms with van der Waals surface area (Å²) < 4.78 is 51.9. The summed E-state index contributed by atoms with van der Waals surface area (Å²) in [6.45, 7) is 13.9. The van der Waals surface area contributed by atoms with Crippen LogP contribution in [0.15, 0.2) is 48.8 Å². The van der Waals surface area contributed by atoms with E-state index in [4.69, 9.17) is 38.8 Å². The normalized spacial score (nSPS) is 23.1. The molecule has 0 radical (unpaired) electrons. The van der Waals surface area contributed by atoms with Gasteiger partial charge in [-0.3, -0.25) is 4.79 Å². The van der Waals surface area contributed by atoms with Gasteiger partial charge in [-0.2, -0.15) is 15.1 Å². The lowest BCUT2D eigenvalue weighted by molar-refractivity contribution is -0.150. The van der Waals surface area contributed by atoms with Crippen molar-refractivity contribution in [3.63, 3.8) is 0 Å². The molecule has 6 fully saturated rings. The van der Waals surface area contributed by atoms with E-state index >= 15 is 4.39 Å². The fourth-order valence-electron chi connectivity index (χ4n) is 12.4. The number of rotatable bonds is 14. The van der Waals surface area contributed by atoms with Crippen LogP contribution in [0.5, 0.6) is 11.8 Å². The predicted molar refractivity (Wildman–Crippen MR) is 288 cm³/mol. The Balaban J connectivity index is 0.952. The van der Waals surface area contributed by atoms with E-state index in [1.807, 2.05) is 81.6 Å². The molecule has 2 bridgehead atoms. The van der Waals surface area contributed by atoms with Gasteiger partial charge in [-0.15, -0.1) is 5.10 Å². The standard InChI is InChI=1S/C58H69FN10O10/c1-31(2)51(54(71)67-28-38(70)22-46(67)55(72)73)68-29-44(63-64-68)35-12-10-33(11-13-35)30-77-52-49(48-32(3)43(59)24-45-42(48)25-60-69(45)47-9-7-8-18-76-47)40(34-14-15-34)23-41-50(52)61-56(78-39-16-19-75-20-17-39)62-53(41)65-26-37-21-36(65)27-66(37)57(74)79-58(4,5)6/h10-13,23-25,29,31,34,36-39,46-47,51,70H,7-9,14-22,26-28,30H2,1-6H3,(H,72,73)/t36-,37-,38+,46-,47?,51-/m0/s1. The third kappa shape index (κ3) is 10.2. The van der Waals surface area contributed by atoms with Crippen LogP contribution in [0.1, 0.15) is 127 Å². The van der Waals surface area contributed by atoms with Crippen molar-refractivity contribution >= 4 is 45.6 Å². The van der Waals surface area contributed by atoms with E-state index in [9.17, 15) is 24.6 Å². The van der Waals surface area contributed by atoms with E-state index in [2.05, 4.69) is 21.3 Å². The van der Waals surface area contributed by atoms with Crippen LogP contribution in [-0.2, 0) is 30.4 Å². The van der Waals surface area contributed by atoms with Crippen LogP contribution < -0.4 is 14.4 Å². The van der Waals surface area contributed by atoms with Gasteiger partial charge in [0.1, 0.15) is 53.2 Å². The number of ether oxygens (including phenoxy) is 5. The van der Waals surface area contributed by atoms with E-state index in [0.29, 0.717) is 85.2 Å². The number of piperazine rings is 1. The molecule has 6 aliphatic rings. The number of hydrogen-bond acceptors (Lipinski definition) is 15. The van der Waals surface area contributed by atoms with Crippen LogP contribution >= 0.6 is 0 Å². The van der Waals surface area contributed by atoms with Crippen molar-refractivity contribution in [2.75, 3.05) is 44.4 Å². The Kier molecular flexibility index (Phi) is 14.0. The molecular weight excluding hydrogens is 1020 g/mol. The minimum Gasteiger partial charge on any atom is -0.486 e. The Morgan fingerprint density at radius 3 is 2.37 bits per heavy atom. The number of aliphatic carboxylic acids is 1. The number of halogens is 1. The molecule has 6 atom stereocenters. The summed E-state index contributed by atoms with van der Waals surface area (Å²) in [5, 5.41) is 35.4. The van der Waals surface area contributed by atoms with E-state index < -0.39 is 35.7 Å². The number of fused-ring (bicyclic) bond motifs is 4. The maximum Gasteiger partial charge on any atom is 0.410 e. The first-order valence-corrected chi connectivity index (χ1v) is 28.0. The van der Waals surface area contributed by atoms with Crippen LogP contribution in [-0.4, -0.2) is 148 Å². The molecule has 12 rings (SSSR count). The van der Waals surface area contributed by atoms with Gasteiger partial charge >= 0.3 is 18.1 Å². The summed E-state index contributed by atoms with van der Waals surface area (Å²) in [7, 11) is 0. The molecule has 1 saturated carbocycles. The van der Waals surface area contributed by atoms with Gasteiger partial charge < -0.3 is 48.6 Å². The highest BCUT2D eigenvalue weighted by atomic mass is 19.1. The summed E-state index contributed by atoms with van der Waals surface area (Å²) in [6, 6.07) is 9.48. The predicted octanol–water partition coefficient (Wildman–Crippen LogP) is 8.51. The summed E-state index contributed by atoms with van der Waals surface area (Å²) >= 11 is 0. The maximum atomic E-state index is 16.9. The lowest BCUT2D eigenvalue weighted by Crippen LogP contribution is -2.50. The van der Waals surface area contributed by atoms with Gasteiger partial charge in [0.2, 0.25) is 5.91 Å². The second-order valence-corrected chi connectivity index (χ2v) is 23.6. The minimum absolute atomic E-state index is 0.0395. The second kappa shape index (κ2) is 20.9. The van der Waals surface area contributed by atoms with Gasteiger partial charge in [-0.25, -0.2) is 23.3 Å². The first kappa shape index (κ1) is 52.7. The van der Waals surface area contributed by atoms with Crippen molar-refractivity contribution in [2.45, 2.75) is 160 Å². The molecule has 418 valence electrons. The average Bonchev–Trinajstić information content (AvgIpc) is 4.02. The van der Waals surface area contributed by atoms with Crippen molar-refractivity contribution in [3.05, 3.63) is 71.3 Å². The lowest BCUT2D eigenvalue weighted by atomic mass is 9.88.